The number of aliphatic hydroxyl groups excluding tert-OH is 1. The lowest BCUT2D eigenvalue weighted by Crippen LogP contribution is -2.27. The fourth-order valence-corrected chi connectivity index (χ4v) is 1.38. The first-order valence-electron chi connectivity index (χ1n) is 4.43. The molecule has 0 saturated heterocycles. The number of aliphatic hydroxyl groups is 1. The first-order chi connectivity index (χ1) is 7.11. The van der Waals surface area contributed by atoms with Crippen molar-refractivity contribution < 1.29 is 14.9 Å². The van der Waals surface area contributed by atoms with E-state index in [4.69, 9.17) is 0 Å². The van der Waals surface area contributed by atoms with Gasteiger partial charge in [-0.2, -0.15) is 4.73 Å². The van der Waals surface area contributed by atoms with Crippen molar-refractivity contribution in [1.29, 1.82) is 0 Å². The van der Waals surface area contributed by atoms with Crippen LogP contribution in [0.1, 0.15) is 18.9 Å². The van der Waals surface area contributed by atoms with E-state index >= 15 is 0 Å². The first-order valence-corrected chi connectivity index (χ1v) is 4.43. The van der Waals surface area contributed by atoms with Crippen molar-refractivity contribution >= 4 is 11.0 Å². The zero-order valence-electron chi connectivity index (χ0n) is 8.03. The van der Waals surface area contributed by atoms with Crippen LogP contribution >= 0.6 is 0 Å². The maximum absolute atomic E-state index is 11.4. The van der Waals surface area contributed by atoms with Gasteiger partial charge in [0.2, 0.25) is 5.82 Å². The molecule has 0 aliphatic carbocycles. The molecule has 2 aromatic rings. The van der Waals surface area contributed by atoms with Crippen LogP contribution < -0.4 is 4.54 Å². The second-order valence-corrected chi connectivity index (χ2v) is 3.21. The molecule has 0 radical (unpaired) electrons. The number of fused-ring (bicyclic) bond motifs is 1. The minimum absolute atomic E-state index is 0.0938. The van der Waals surface area contributed by atoms with Crippen molar-refractivity contribution in [3.05, 3.63) is 35.0 Å². The van der Waals surface area contributed by atoms with E-state index in [0.29, 0.717) is 14.8 Å². The highest BCUT2D eigenvalue weighted by atomic mass is 16.5. The Morgan fingerprint density at radius 1 is 1.47 bits per heavy atom. The molecule has 6 heteroatoms. The van der Waals surface area contributed by atoms with Crippen LogP contribution in [0.3, 0.4) is 0 Å². The van der Waals surface area contributed by atoms with E-state index in [-0.39, 0.29) is 11.3 Å². The van der Waals surface area contributed by atoms with Crippen LogP contribution in [0.15, 0.2) is 24.3 Å². The smallest absolute Gasteiger partial charge is 0.321 e. The lowest BCUT2D eigenvalue weighted by Gasteiger charge is -2.05. The van der Waals surface area contributed by atoms with Crippen molar-refractivity contribution in [2.45, 2.75) is 13.0 Å². The third-order valence-corrected chi connectivity index (χ3v) is 2.10. The Hall–Kier alpha value is -1.95. The van der Waals surface area contributed by atoms with Crippen molar-refractivity contribution in [2.24, 2.45) is 0 Å². The number of aromatic nitrogens is 3. The van der Waals surface area contributed by atoms with Gasteiger partial charge in [0.1, 0.15) is 6.10 Å². The van der Waals surface area contributed by atoms with Gasteiger partial charge in [-0.15, -0.1) is 0 Å². The molecule has 0 fully saturated rings. The molecule has 0 aliphatic heterocycles. The van der Waals surface area contributed by atoms with Crippen molar-refractivity contribution in [3.8, 4) is 0 Å². The lowest BCUT2D eigenvalue weighted by molar-refractivity contribution is -0.539. The average Bonchev–Trinajstić information content (AvgIpc) is 2.23. The number of rotatable bonds is 1. The minimum atomic E-state index is -1.01. The van der Waals surface area contributed by atoms with Crippen LogP contribution in [0.5, 0.6) is 0 Å². The summed E-state index contributed by atoms with van der Waals surface area (Å²) in [6.07, 6.45) is -1.01. The topological polar surface area (TPSA) is 81.3 Å². The van der Waals surface area contributed by atoms with Gasteiger partial charge in [-0.3, -0.25) is 0 Å². The van der Waals surface area contributed by atoms with E-state index in [0.717, 1.165) is 0 Å². The van der Waals surface area contributed by atoms with Crippen LogP contribution in [-0.4, -0.2) is 20.1 Å². The summed E-state index contributed by atoms with van der Waals surface area (Å²) in [6, 6.07) is 6.45. The molecule has 0 spiro atoms. The average molecular weight is 208 g/mol. The molecule has 1 atom stereocenters. The Kier molecular flexibility index (Phi) is 2.12. The van der Waals surface area contributed by atoms with E-state index in [2.05, 4.69) is 5.10 Å². The fourth-order valence-electron chi connectivity index (χ4n) is 1.38. The summed E-state index contributed by atoms with van der Waals surface area (Å²) in [6.45, 7) is 1.42. The van der Waals surface area contributed by atoms with E-state index < -0.39 is 6.10 Å². The fraction of sp³-hybridized carbons (Fsp3) is 0.222. The van der Waals surface area contributed by atoms with Gasteiger partial charge in [0.05, 0.1) is 10.0 Å². The standard InChI is InChI=1S/C9H10N3O3/c1-6(13)9-10-12(15)8-5-3-2-4-7(8)11(9)14/h2-6,13-14H,1H3/q+1. The highest BCUT2D eigenvalue weighted by Crippen LogP contribution is 2.12. The molecule has 0 saturated carbocycles. The molecular weight excluding hydrogens is 198 g/mol. The Balaban J connectivity index is 2.91. The molecule has 1 heterocycles. The molecule has 0 aliphatic rings. The second kappa shape index (κ2) is 3.32. The Bertz CT molecular complexity index is 562. The summed E-state index contributed by atoms with van der Waals surface area (Å²) in [7, 11) is 0. The number of benzene rings is 1. The van der Waals surface area contributed by atoms with Crippen molar-refractivity contribution in [2.75, 3.05) is 0 Å². The molecule has 2 N–H and O–H groups in total. The minimum Gasteiger partial charge on any atom is -0.426 e. The highest BCUT2D eigenvalue weighted by Gasteiger charge is 2.19. The van der Waals surface area contributed by atoms with Gasteiger partial charge < -0.3 is 10.3 Å². The first kappa shape index (κ1) is 9.60. The molecule has 2 rings (SSSR count). The van der Waals surface area contributed by atoms with Gasteiger partial charge in [0.25, 0.3) is 0 Å². The predicted octanol–water partition coefficient (Wildman–Crippen LogP) is 0.241. The third kappa shape index (κ3) is 1.44. The molecule has 0 bridgehead atoms. The van der Waals surface area contributed by atoms with Crippen molar-refractivity contribution in [3.63, 3.8) is 0 Å². The summed E-state index contributed by atoms with van der Waals surface area (Å²) < 4.78 is 1.10. The Morgan fingerprint density at radius 2 is 2.13 bits per heavy atom. The molecular formula is C9H10N3O3+. The van der Waals surface area contributed by atoms with E-state index in [1.807, 2.05) is 0 Å². The number of hydrogen-bond donors (Lipinski definition) is 2. The molecule has 1 aromatic heterocycles. The summed E-state index contributed by atoms with van der Waals surface area (Å²) >= 11 is 0. The van der Waals surface area contributed by atoms with Crippen LogP contribution in [0.2, 0.25) is 0 Å². The number of hydrogen-bond acceptors (Lipinski definition) is 4. The van der Waals surface area contributed by atoms with Gasteiger partial charge in [-0.05, 0) is 13.0 Å². The largest absolute Gasteiger partial charge is 0.426 e. The van der Waals surface area contributed by atoms with Crippen LogP contribution in [-0.2, 0) is 0 Å². The summed E-state index contributed by atoms with van der Waals surface area (Å²) in [5.41, 5.74) is 0.544. The molecule has 0 amide bonds. The summed E-state index contributed by atoms with van der Waals surface area (Å²) in [5, 5.41) is 22.5. The summed E-state index contributed by atoms with van der Waals surface area (Å²) in [4.78, 5) is 11.4. The maximum Gasteiger partial charge on any atom is 0.321 e. The summed E-state index contributed by atoms with van der Waals surface area (Å²) in [5.74, 6) is -0.0938. The van der Waals surface area contributed by atoms with Crippen LogP contribution in [0.4, 0.5) is 0 Å². The number of nitrogens with zero attached hydrogens (tertiary/aromatic N) is 3. The van der Waals surface area contributed by atoms with E-state index in [1.165, 1.54) is 13.0 Å². The lowest BCUT2D eigenvalue weighted by atomic mass is 10.3. The highest BCUT2D eigenvalue weighted by molar-refractivity contribution is 5.70. The van der Waals surface area contributed by atoms with E-state index in [9.17, 15) is 15.2 Å². The van der Waals surface area contributed by atoms with Gasteiger partial charge in [0.15, 0.2) is 10.1 Å². The third-order valence-electron chi connectivity index (χ3n) is 2.10. The monoisotopic (exact) mass is 208 g/mol. The predicted molar refractivity (Wildman–Crippen MR) is 50.9 cm³/mol. The molecule has 78 valence electrons. The molecule has 1 aromatic carbocycles. The quantitative estimate of drug-likeness (QED) is 0.519. The maximum atomic E-state index is 11.4. The molecule has 6 nitrogen and oxygen atoms in total. The SMILES string of the molecule is CC(O)c1n[n+](=O)c2ccccc2n1O. The molecule has 1 unspecified atom stereocenters. The molecule has 15 heavy (non-hydrogen) atoms. The van der Waals surface area contributed by atoms with Gasteiger partial charge in [0, 0.05) is 6.07 Å². The second-order valence-electron chi connectivity index (χ2n) is 3.21. The number of para-hydroxylation sites is 2. The van der Waals surface area contributed by atoms with Gasteiger partial charge >= 0.3 is 5.52 Å². The van der Waals surface area contributed by atoms with Crippen molar-refractivity contribution in [1.82, 2.24) is 9.83 Å². The zero-order valence-corrected chi connectivity index (χ0v) is 8.03. The van der Waals surface area contributed by atoms with Gasteiger partial charge in [-0.1, -0.05) is 12.1 Å². The van der Waals surface area contributed by atoms with E-state index in [1.54, 1.807) is 18.2 Å². The normalized spacial score (nSPS) is 12.9. The zero-order chi connectivity index (χ0) is 11.0. The van der Waals surface area contributed by atoms with Crippen LogP contribution in [0.25, 0.3) is 11.0 Å². The Morgan fingerprint density at radius 3 is 2.80 bits per heavy atom. The van der Waals surface area contributed by atoms with Gasteiger partial charge in [-0.25, -0.2) is 0 Å². The van der Waals surface area contributed by atoms with Crippen LogP contribution in [0, 0.1) is 4.91 Å². The Labute approximate surface area is 84.6 Å².